The highest BCUT2D eigenvalue weighted by molar-refractivity contribution is 6.39. The van der Waals surface area contributed by atoms with Crippen LogP contribution in [0.1, 0.15) is 107 Å². The van der Waals surface area contributed by atoms with Crippen LogP contribution < -0.4 is 5.32 Å². The summed E-state index contributed by atoms with van der Waals surface area (Å²) in [7, 11) is 2.30. The molecule has 0 aliphatic heterocycles. The number of carbonyl (C=O) groups excluding carboxylic acids is 1. The van der Waals surface area contributed by atoms with Crippen LogP contribution in [-0.4, -0.2) is 30.8 Å². The second-order valence-corrected chi connectivity index (χ2v) is 10.6. The van der Waals surface area contributed by atoms with Crippen LogP contribution in [-0.2, 0) is 9.53 Å². The summed E-state index contributed by atoms with van der Waals surface area (Å²) in [4.78, 5) is 12.5. The Bertz CT molecular complexity index is 413. The molecular weight excluding hydrogens is 333 g/mol. The predicted octanol–water partition coefficient (Wildman–Crippen LogP) is 6.19. The summed E-state index contributed by atoms with van der Waals surface area (Å²) in [5.74, 6) is 0.176. The van der Waals surface area contributed by atoms with Gasteiger partial charge in [0, 0.05) is 23.6 Å². The first-order chi connectivity index (χ1) is 12.3. The summed E-state index contributed by atoms with van der Waals surface area (Å²) in [5, 5.41) is 3.21. The Morgan fingerprint density at radius 1 is 1.00 bits per heavy atom. The van der Waals surface area contributed by atoms with Gasteiger partial charge in [-0.15, -0.1) is 0 Å². The summed E-state index contributed by atoms with van der Waals surface area (Å²) in [5.41, 5.74) is -0.287. The summed E-state index contributed by atoms with van der Waals surface area (Å²) in [6, 6.07) is 0. The van der Waals surface area contributed by atoms with E-state index < -0.39 is 0 Å². The van der Waals surface area contributed by atoms with E-state index in [-0.39, 0.29) is 28.3 Å². The molecule has 0 rings (SSSR count). The smallest absolute Gasteiger partial charge is 0.223 e. The van der Waals surface area contributed by atoms with Gasteiger partial charge < -0.3 is 10.1 Å². The Morgan fingerprint density at radius 3 is 2.15 bits per heavy atom. The van der Waals surface area contributed by atoms with Gasteiger partial charge in [-0.05, 0) is 46.0 Å². The van der Waals surface area contributed by atoms with Gasteiger partial charge in [0.1, 0.15) is 0 Å². The fourth-order valence-electron chi connectivity index (χ4n) is 3.36. The molecule has 1 atom stereocenters. The first-order valence-electron chi connectivity index (χ1n) is 11.1. The van der Waals surface area contributed by atoms with E-state index in [4.69, 9.17) is 4.74 Å². The van der Waals surface area contributed by atoms with Gasteiger partial charge in [0.2, 0.25) is 5.91 Å². The zero-order chi connectivity index (χ0) is 21.1. The number of nitrogens with one attached hydrogen (secondary N) is 1. The molecule has 1 unspecified atom stereocenters. The Kier molecular flexibility index (Phi) is 11.9. The van der Waals surface area contributed by atoms with E-state index in [0.29, 0.717) is 6.61 Å². The molecule has 4 heteroatoms. The zero-order valence-electron chi connectivity index (χ0n) is 19.8. The van der Waals surface area contributed by atoms with E-state index in [2.05, 4.69) is 68.0 Å². The number of hydrogen-bond donors (Lipinski definition) is 1. The van der Waals surface area contributed by atoms with Gasteiger partial charge in [-0.25, -0.2) is 0 Å². The lowest BCUT2D eigenvalue weighted by Crippen LogP contribution is -2.47. The van der Waals surface area contributed by atoms with Crippen molar-refractivity contribution in [2.75, 3.05) is 6.61 Å². The van der Waals surface area contributed by atoms with Crippen molar-refractivity contribution in [3.63, 3.8) is 0 Å². The molecule has 0 bridgehead atoms. The number of amides is 1. The van der Waals surface area contributed by atoms with Crippen molar-refractivity contribution < 1.29 is 9.53 Å². The van der Waals surface area contributed by atoms with E-state index >= 15 is 0 Å². The van der Waals surface area contributed by atoms with E-state index in [1.165, 1.54) is 32.1 Å². The van der Waals surface area contributed by atoms with Gasteiger partial charge in [-0.3, -0.25) is 4.79 Å². The van der Waals surface area contributed by atoms with Crippen LogP contribution >= 0.6 is 0 Å². The molecule has 0 aliphatic carbocycles. The third kappa shape index (κ3) is 15.1. The maximum Gasteiger partial charge on any atom is 0.223 e. The van der Waals surface area contributed by atoms with Crippen LogP contribution in [0.15, 0.2) is 0 Å². The largest absolute Gasteiger partial charge is 0.385 e. The van der Waals surface area contributed by atoms with Crippen LogP contribution in [0.3, 0.4) is 0 Å². The highest BCUT2D eigenvalue weighted by Crippen LogP contribution is 2.25. The Morgan fingerprint density at radius 2 is 1.59 bits per heavy atom. The minimum absolute atomic E-state index is 0.0303. The minimum Gasteiger partial charge on any atom is -0.385 e. The van der Waals surface area contributed by atoms with Crippen molar-refractivity contribution in [1.29, 1.82) is 0 Å². The molecule has 0 aromatic carbocycles. The quantitative estimate of drug-likeness (QED) is 0.288. The molecular formula is C23H47BNO2. The molecule has 0 heterocycles. The van der Waals surface area contributed by atoms with Crippen molar-refractivity contribution in [3.8, 4) is 0 Å². The molecule has 0 aromatic heterocycles. The predicted molar refractivity (Wildman–Crippen MR) is 119 cm³/mol. The van der Waals surface area contributed by atoms with Gasteiger partial charge >= 0.3 is 0 Å². The summed E-state index contributed by atoms with van der Waals surface area (Å²) < 4.78 is 6.11. The molecule has 0 saturated carbocycles. The number of unbranched alkanes of at least 4 members (excludes halogenated alkanes) is 4. The maximum atomic E-state index is 12.5. The van der Waals surface area contributed by atoms with Crippen molar-refractivity contribution in [1.82, 2.24) is 5.32 Å². The maximum absolute atomic E-state index is 12.5. The van der Waals surface area contributed by atoms with Gasteiger partial charge in [-0.1, -0.05) is 73.0 Å². The number of ether oxygens (including phenoxy) is 1. The third-order valence-corrected chi connectivity index (χ3v) is 4.97. The number of carbonyl (C=O) groups is 1. The van der Waals surface area contributed by atoms with E-state index in [1.807, 2.05) is 6.92 Å². The molecule has 0 spiro atoms. The van der Waals surface area contributed by atoms with E-state index in [1.54, 1.807) is 0 Å². The Balaban J connectivity index is 4.15. The fraction of sp³-hybridized carbons (Fsp3) is 0.957. The highest BCUT2D eigenvalue weighted by Gasteiger charge is 2.27. The normalized spacial score (nSPS) is 14.1. The molecule has 0 fully saturated rings. The van der Waals surface area contributed by atoms with Crippen LogP contribution in [0.2, 0.25) is 6.32 Å². The van der Waals surface area contributed by atoms with Crippen molar-refractivity contribution in [2.24, 2.45) is 11.3 Å². The second kappa shape index (κ2) is 12.1. The molecule has 0 saturated heterocycles. The van der Waals surface area contributed by atoms with Gasteiger partial charge in [0.15, 0.2) is 7.28 Å². The van der Waals surface area contributed by atoms with Gasteiger partial charge in [0.25, 0.3) is 0 Å². The van der Waals surface area contributed by atoms with Gasteiger partial charge in [0.05, 0.1) is 0 Å². The molecule has 0 aliphatic rings. The standard InChI is InChI=1S/C23H47BNO2/c1-10-11-12-13-14-16-24-23(8,9)27-17-15-22(6,7)25-20(26)19(2)18-21(3,4)5/h19H,10-18H2,1-9H3,(H,25,26). The minimum atomic E-state index is -0.251. The number of rotatable bonds is 14. The monoisotopic (exact) mass is 380 g/mol. The fourth-order valence-corrected chi connectivity index (χ4v) is 3.36. The average molecular weight is 380 g/mol. The SMILES string of the molecule is CCCCCCC[B]C(C)(C)OCCC(C)(C)NC(=O)C(C)CC(C)(C)C. The molecule has 3 nitrogen and oxygen atoms in total. The lowest BCUT2D eigenvalue weighted by molar-refractivity contribution is -0.127. The Labute approximate surface area is 171 Å². The molecule has 1 radical (unpaired) electrons. The second-order valence-electron chi connectivity index (χ2n) is 10.6. The first-order valence-corrected chi connectivity index (χ1v) is 11.1. The van der Waals surface area contributed by atoms with E-state index in [9.17, 15) is 4.79 Å². The molecule has 159 valence electrons. The van der Waals surface area contributed by atoms with Crippen molar-refractivity contribution in [3.05, 3.63) is 0 Å². The molecule has 1 amide bonds. The highest BCUT2D eigenvalue weighted by atomic mass is 16.5. The summed E-state index contributed by atoms with van der Waals surface area (Å²) >= 11 is 0. The Hall–Kier alpha value is -0.505. The van der Waals surface area contributed by atoms with Crippen molar-refractivity contribution >= 4 is 13.2 Å². The van der Waals surface area contributed by atoms with Crippen LogP contribution in [0.5, 0.6) is 0 Å². The van der Waals surface area contributed by atoms with Crippen LogP contribution in [0, 0.1) is 11.3 Å². The molecule has 0 aromatic rings. The third-order valence-electron chi connectivity index (χ3n) is 4.97. The topological polar surface area (TPSA) is 38.3 Å². The van der Waals surface area contributed by atoms with Crippen LogP contribution in [0.4, 0.5) is 0 Å². The van der Waals surface area contributed by atoms with Crippen LogP contribution in [0.25, 0.3) is 0 Å². The summed E-state index contributed by atoms with van der Waals surface area (Å²) in [6.07, 6.45) is 9.36. The number of hydrogen-bond acceptors (Lipinski definition) is 2. The first kappa shape index (κ1) is 26.5. The molecule has 27 heavy (non-hydrogen) atoms. The van der Waals surface area contributed by atoms with E-state index in [0.717, 1.165) is 19.2 Å². The summed E-state index contributed by atoms with van der Waals surface area (Å²) in [6.45, 7) is 19.9. The lowest BCUT2D eigenvalue weighted by Gasteiger charge is -2.32. The van der Waals surface area contributed by atoms with Crippen molar-refractivity contribution in [2.45, 2.75) is 125 Å². The average Bonchev–Trinajstić information content (AvgIpc) is 2.48. The molecule has 1 N–H and O–H groups in total. The zero-order valence-corrected chi connectivity index (χ0v) is 19.8. The lowest BCUT2D eigenvalue weighted by atomic mass is 9.59. The van der Waals surface area contributed by atoms with Gasteiger partial charge in [-0.2, -0.15) is 0 Å².